The molecule has 0 bridgehead atoms. The third-order valence-electron chi connectivity index (χ3n) is 2.54. The Morgan fingerprint density at radius 1 is 1.50 bits per heavy atom. The lowest BCUT2D eigenvalue weighted by atomic mass is 10.2. The Morgan fingerprint density at radius 3 is 2.85 bits per heavy atom. The van der Waals surface area contributed by atoms with Crippen molar-refractivity contribution in [1.82, 2.24) is 5.32 Å². The SMILES string of the molecule is C=C(C)COCCNCc1ccc(OC)c([N+](=O)[O-])c1. The maximum absolute atomic E-state index is 10.9. The summed E-state index contributed by atoms with van der Waals surface area (Å²) in [5, 5.41) is 14.0. The highest BCUT2D eigenvalue weighted by atomic mass is 16.6. The van der Waals surface area contributed by atoms with Gasteiger partial charge >= 0.3 is 5.69 Å². The molecule has 0 spiro atoms. The Balaban J connectivity index is 2.42. The number of benzene rings is 1. The molecule has 1 aromatic carbocycles. The molecule has 0 aliphatic heterocycles. The van der Waals surface area contributed by atoms with E-state index in [0.717, 1.165) is 11.1 Å². The minimum Gasteiger partial charge on any atom is -0.490 e. The zero-order valence-electron chi connectivity index (χ0n) is 11.8. The minimum atomic E-state index is -0.446. The van der Waals surface area contributed by atoms with Gasteiger partial charge in [0.2, 0.25) is 0 Å². The fourth-order valence-electron chi connectivity index (χ4n) is 1.61. The molecule has 0 atom stereocenters. The molecule has 0 saturated carbocycles. The number of nitro groups is 1. The van der Waals surface area contributed by atoms with Crippen LogP contribution in [0, 0.1) is 10.1 Å². The van der Waals surface area contributed by atoms with Crippen LogP contribution < -0.4 is 10.1 Å². The monoisotopic (exact) mass is 280 g/mol. The summed E-state index contributed by atoms with van der Waals surface area (Å²) < 4.78 is 10.3. The second kappa shape index (κ2) is 8.29. The van der Waals surface area contributed by atoms with Crippen molar-refractivity contribution < 1.29 is 14.4 Å². The average molecular weight is 280 g/mol. The summed E-state index contributed by atoms with van der Waals surface area (Å²) in [7, 11) is 1.42. The summed E-state index contributed by atoms with van der Waals surface area (Å²) >= 11 is 0. The van der Waals surface area contributed by atoms with Gasteiger partial charge in [-0.15, -0.1) is 0 Å². The summed E-state index contributed by atoms with van der Waals surface area (Å²) in [6, 6.07) is 4.92. The van der Waals surface area contributed by atoms with Gasteiger partial charge in [0.15, 0.2) is 5.75 Å². The van der Waals surface area contributed by atoms with Crippen LogP contribution in [0.15, 0.2) is 30.4 Å². The van der Waals surface area contributed by atoms with Gasteiger partial charge in [-0.2, -0.15) is 0 Å². The highest BCUT2D eigenvalue weighted by molar-refractivity contribution is 5.48. The lowest BCUT2D eigenvalue weighted by Gasteiger charge is -2.07. The second-order valence-corrected chi connectivity index (χ2v) is 4.45. The van der Waals surface area contributed by atoms with Crippen LogP contribution in [-0.4, -0.2) is 31.8 Å². The van der Waals surface area contributed by atoms with E-state index in [0.29, 0.717) is 26.3 Å². The molecule has 1 aromatic rings. The van der Waals surface area contributed by atoms with Crippen LogP contribution in [0.2, 0.25) is 0 Å². The van der Waals surface area contributed by atoms with Gasteiger partial charge in [-0.25, -0.2) is 0 Å². The molecule has 0 unspecified atom stereocenters. The number of hydrogen-bond acceptors (Lipinski definition) is 5. The van der Waals surface area contributed by atoms with Crippen molar-refractivity contribution in [3.63, 3.8) is 0 Å². The third kappa shape index (κ3) is 5.38. The van der Waals surface area contributed by atoms with Gasteiger partial charge < -0.3 is 14.8 Å². The van der Waals surface area contributed by atoms with Gasteiger partial charge in [0.25, 0.3) is 0 Å². The number of methoxy groups -OCH3 is 1. The predicted octanol–water partition coefficient (Wildman–Crippen LogP) is 2.29. The Bertz CT molecular complexity index is 474. The number of hydrogen-bond donors (Lipinski definition) is 1. The van der Waals surface area contributed by atoms with Crippen LogP contribution in [0.4, 0.5) is 5.69 Å². The molecule has 0 radical (unpaired) electrons. The summed E-state index contributed by atoms with van der Waals surface area (Å²) in [4.78, 5) is 10.4. The Hall–Kier alpha value is -1.92. The fourth-order valence-corrected chi connectivity index (χ4v) is 1.61. The van der Waals surface area contributed by atoms with E-state index in [1.807, 2.05) is 6.92 Å². The molecular weight excluding hydrogens is 260 g/mol. The Labute approximate surface area is 118 Å². The molecule has 1 N–H and O–H groups in total. The van der Waals surface area contributed by atoms with E-state index >= 15 is 0 Å². The van der Waals surface area contributed by atoms with E-state index in [2.05, 4.69) is 11.9 Å². The first-order valence-corrected chi connectivity index (χ1v) is 6.28. The van der Waals surface area contributed by atoms with Gasteiger partial charge in [0.1, 0.15) is 0 Å². The molecule has 0 fully saturated rings. The van der Waals surface area contributed by atoms with Crippen molar-refractivity contribution in [3.05, 3.63) is 46.0 Å². The van der Waals surface area contributed by atoms with Crippen LogP contribution in [0.1, 0.15) is 12.5 Å². The van der Waals surface area contributed by atoms with Gasteiger partial charge in [0.05, 0.1) is 25.2 Å². The van der Waals surface area contributed by atoms with Crippen LogP contribution in [0.25, 0.3) is 0 Å². The van der Waals surface area contributed by atoms with Gasteiger partial charge in [-0.05, 0) is 18.6 Å². The smallest absolute Gasteiger partial charge is 0.311 e. The summed E-state index contributed by atoms with van der Waals surface area (Å²) in [6.07, 6.45) is 0. The molecule has 0 saturated heterocycles. The molecule has 0 amide bonds. The highest BCUT2D eigenvalue weighted by Crippen LogP contribution is 2.27. The number of ether oxygens (including phenoxy) is 2. The van der Waals surface area contributed by atoms with Gasteiger partial charge in [0, 0.05) is 19.2 Å². The van der Waals surface area contributed by atoms with Crippen LogP contribution in [0.3, 0.4) is 0 Å². The summed E-state index contributed by atoms with van der Waals surface area (Å²) in [6.45, 7) is 7.99. The van der Waals surface area contributed by atoms with Crippen molar-refractivity contribution in [2.24, 2.45) is 0 Å². The van der Waals surface area contributed by atoms with Crippen molar-refractivity contribution in [2.75, 3.05) is 26.9 Å². The maximum atomic E-state index is 10.9. The Kier molecular flexibility index (Phi) is 6.69. The van der Waals surface area contributed by atoms with Gasteiger partial charge in [-0.1, -0.05) is 18.2 Å². The normalized spacial score (nSPS) is 10.3. The number of rotatable bonds is 9. The minimum absolute atomic E-state index is 0.0228. The lowest BCUT2D eigenvalue weighted by Crippen LogP contribution is -2.19. The topological polar surface area (TPSA) is 73.6 Å². The number of nitro benzene ring substituents is 1. The average Bonchev–Trinajstić information content (AvgIpc) is 2.42. The van der Waals surface area contributed by atoms with Crippen molar-refractivity contribution in [3.8, 4) is 5.75 Å². The molecule has 1 rings (SSSR count). The molecule has 20 heavy (non-hydrogen) atoms. The van der Waals surface area contributed by atoms with Crippen LogP contribution >= 0.6 is 0 Å². The Morgan fingerprint density at radius 2 is 2.25 bits per heavy atom. The van der Waals surface area contributed by atoms with Crippen molar-refractivity contribution >= 4 is 5.69 Å². The second-order valence-electron chi connectivity index (χ2n) is 4.45. The van der Waals surface area contributed by atoms with E-state index in [-0.39, 0.29) is 11.4 Å². The van der Waals surface area contributed by atoms with Crippen molar-refractivity contribution in [2.45, 2.75) is 13.5 Å². The molecule has 6 heteroatoms. The number of nitrogens with one attached hydrogen (secondary N) is 1. The zero-order valence-corrected chi connectivity index (χ0v) is 11.8. The standard InChI is InChI=1S/C14H20N2O4/c1-11(2)10-20-7-6-15-9-12-4-5-14(19-3)13(8-12)16(17)18/h4-5,8,15H,1,6-7,9-10H2,2-3H3. The van der Waals surface area contributed by atoms with Crippen LogP contribution in [-0.2, 0) is 11.3 Å². The highest BCUT2D eigenvalue weighted by Gasteiger charge is 2.14. The first-order chi connectivity index (χ1) is 9.54. The fraction of sp³-hybridized carbons (Fsp3) is 0.429. The largest absolute Gasteiger partial charge is 0.490 e. The van der Waals surface area contributed by atoms with Crippen LogP contribution in [0.5, 0.6) is 5.75 Å². The molecule has 0 aliphatic carbocycles. The maximum Gasteiger partial charge on any atom is 0.311 e. The summed E-state index contributed by atoms with van der Waals surface area (Å²) in [5.41, 5.74) is 1.79. The van der Waals surface area contributed by atoms with Gasteiger partial charge in [-0.3, -0.25) is 10.1 Å². The van der Waals surface area contributed by atoms with Crippen molar-refractivity contribution in [1.29, 1.82) is 0 Å². The molecule has 6 nitrogen and oxygen atoms in total. The first-order valence-electron chi connectivity index (χ1n) is 6.28. The zero-order chi connectivity index (χ0) is 15.0. The molecule has 0 heterocycles. The van der Waals surface area contributed by atoms with E-state index in [9.17, 15) is 10.1 Å². The van der Waals surface area contributed by atoms with E-state index < -0.39 is 4.92 Å². The molecular formula is C14H20N2O4. The molecule has 0 aromatic heterocycles. The third-order valence-corrected chi connectivity index (χ3v) is 2.54. The predicted molar refractivity (Wildman–Crippen MR) is 77.0 cm³/mol. The summed E-state index contributed by atoms with van der Waals surface area (Å²) in [5.74, 6) is 0.267. The van der Waals surface area contributed by atoms with E-state index in [1.54, 1.807) is 12.1 Å². The lowest BCUT2D eigenvalue weighted by molar-refractivity contribution is -0.385. The van der Waals surface area contributed by atoms with E-state index in [4.69, 9.17) is 9.47 Å². The van der Waals surface area contributed by atoms with E-state index in [1.165, 1.54) is 13.2 Å². The first kappa shape index (κ1) is 16.1. The molecule has 0 aliphatic rings. The molecule has 110 valence electrons. The number of nitrogens with zero attached hydrogens (tertiary/aromatic N) is 1. The quantitative estimate of drug-likeness (QED) is 0.325.